The van der Waals surface area contributed by atoms with E-state index >= 15 is 0 Å². The molecule has 90 valence electrons. The molecule has 0 spiro atoms. The Kier molecular flexibility index (Phi) is 3.38. The van der Waals surface area contributed by atoms with Gasteiger partial charge in [0.05, 0.1) is 13.4 Å². The first-order valence-corrected chi connectivity index (χ1v) is 5.87. The number of halogens is 1. The predicted molar refractivity (Wildman–Crippen MR) is 66.4 cm³/mol. The van der Waals surface area contributed by atoms with Crippen LogP contribution in [0.4, 0.5) is 0 Å². The monoisotopic (exact) mass is 298 g/mol. The largest absolute Gasteiger partial charge is 0.493 e. The molecule has 2 aromatic rings. The SMILES string of the molecule is COc1cc(CCC(=O)O)c(Br)c2ccoc12. The number of carboxylic acid groups (broad SMARTS) is 1. The molecule has 0 saturated carbocycles. The lowest BCUT2D eigenvalue weighted by atomic mass is 10.1. The first-order valence-electron chi connectivity index (χ1n) is 5.08. The van der Waals surface area contributed by atoms with Crippen molar-refractivity contribution in [3.63, 3.8) is 0 Å². The number of methoxy groups -OCH3 is 1. The van der Waals surface area contributed by atoms with Gasteiger partial charge in [-0.05, 0) is 40.0 Å². The zero-order chi connectivity index (χ0) is 12.4. The number of ether oxygens (including phenoxy) is 1. The summed E-state index contributed by atoms with van der Waals surface area (Å²) < 4.78 is 11.4. The molecule has 5 heteroatoms. The fourth-order valence-electron chi connectivity index (χ4n) is 1.71. The van der Waals surface area contributed by atoms with Gasteiger partial charge in [0.15, 0.2) is 11.3 Å². The highest BCUT2D eigenvalue weighted by molar-refractivity contribution is 9.10. The van der Waals surface area contributed by atoms with Gasteiger partial charge in [-0.1, -0.05) is 0 Å². The first kappa shape index (κ1) is 12.0. The van der Waals surface area contributed by atoms with E-state index in [4.69, 9.17) is 14.3 Å². The quantitative estimate of drug-likeness (QED) is 0.941. The second kappa shape index (κ2) is 4.79. The van der Waals surface area contributed by atoms with E-state index in [1.807, 2.05) is 6.07 Å². The molecular formula is C12H11BrO4. The van der Waals surface area contributed by atoms with E-state index in [0.717, 1.165) is 15.4 Å². The highest BCUT2D eigenvalue weighted by atomic mass is 79.9. The van der Waals surface area contributed by atoms with Gasteiger partial charge in [-0.15, -0.1) is 0 Å². The van der Waals surface area contributed by atoms with Gasteiger partial charge >= 0.3 is 5.97 Å². The maximum atomic E-state index is 10.6. The van der Waals surface area contributed by atoms with Gasteiger partial charge in [-0.25, -0.2) is 0 Å². The van der Waals surface area contributed by atoms with Crippen molar-refractivity contribution in [1.82, 2.24) is 0 Å². The molecule has 0 bridgehead atoms. The number of hydrogen-bond acceptors (Lipinski definition) is 3. The maximum absolute atomic E-state index is 10.6. The van der Waals surface area contributed by atoms with Crippen LogP contribution in [0.15, 0.2) is 27.3 Å². The molecule has 1 aromatic carbocycles. The van der Waals surface area contributed by atoms with E-state index in [1.54, 1.807) is 19.4 Å². The molecule has 1 aromatic heterocycles. The van der Waals surface area contributed by atoms with E-state index in [9.17, 15) is 4.79 Å². The lowest BCUT2D eigenvalue weighted by Gasteiger charge is -2.08. The number of carbonyl (C=O) groups is 1. The van der Waals surface area contributed by atoms with Gasteiger partial charge in [0.25, 0.3) is 0 Å². The predicted octanol–water partition coefficient (Wildman–Crippen LogP) is 3.22. The third-order valence-corrected chi connectivity index (χ3v) is 3.48. The Morgan fingerprint density at radius 3 is 3.00 bits per heavy atom. The Morgan fingerprint density at radius 2 is 2.35 bits per heavy atom. The number of aryl methyl sites for hydroxylation is 1. The molecule has 0 atom stereocenters. The Morgan fingerprint density at radius 1 is 1.59 bits per heavy atom. The van der Waals surface area contributed by atoms with E-state index < -0.39 is 5.97 Å². The smallest absolute Gasteiger partial charge is 0.303 e. The normalized spacial score (nSPS) is 10.7. The first-order chi connectivity index (χ1) is 8.13. The van der Waals surface area contributed by atoms with Crippen molar-refractivity contribution in [3.8, 4) is 5.75 Å². The van der Waals surface area contributed by atoms with Crippen LogP contribution in [0, 0.1) is 0 Å². The van der Waals surface area contributed by atoms with Gasteiger partial charge in [-0.3, -0.25) is 4.79 Å². The Labute approximate surface area is 106 Å². The molecule has 0 aliphatic rings. The number of furan rings is 1. The van der Waals surface area contributed by atoms with Crippen LogP contribution in [0.3, 0.4) is 0 Å². The van der Waals surface area contributed by atoms with E-state index in [1.165, 1.54) is 0 Å². The fraction of sp³-hybridized carbons (Fsp3) is 0.250. The zero-order valence-corrected chi connectivity index (χ0v) is 10.8. The molecule has 17 heavy (non-hydrogen) atoms. The molecule has 0 fully saturated rings. The van der Waals surface area contributed by atoms with Gasteiger partial charge in [0.2, 0.25) is 0 Å². The Hall–Kier alpha value is -1.49. The molecule has 0 saturated heterocycles. The summed E-state index contributed by atoms with van der Waals surface area (Å²) in [6, 6.07) is 3.63. The van der Waals surface area contributed by atoms with Gasteiger partial charge in [0.1, 0.15) is 0 Å². The van der Waals surface area contributed by atoms with Crippen LogP contribution in [0.2, 0.25) is 0 Å². The molecule has 2 rings (SSSR count). The van der Waals surface area contributed by atoms with Crippen molar-refractivity contribution in [2.75, 3.05) is 7.11 Å². The second-order valence-electron chi connectivity index (χ2n) is 3.61. The lowest BCUT2D eigenvalue weighted by Crippen LogP contribution is -1.99. The number of benzene rings is 1. The number of hydrogen-bond donors (Lipinski definition) is 1. The highest BCUT2D eigenvalue weighted by Crippen LogP contribution is 2.36. The van der Waals surface area contributed by atoms with Crippen molar-refractivity contribution in [2.45, 2.75) is 12.8 Å². The van der Waals surface area contributed by atoms with Crippen molar-refractivity contribution in [3.05, 3.63) is 28.4 Å². The van der Waals surface area contributed by atoms with Crippen LogP contribution in [0.5, 0.6) is 5.75 Å². The summed E-state index contributed by atoms with van der Waals surface area (Å²) in [6.45, 7) is 0. The van der Waals surface area contributed by atoms with Crippen LogP contribution >= 0.6 is 15.9 Å². The van der Waals surface area contributed by atoms with Crippen LogP contribution in [0.25, 0.3) is 11.0 Å². The van der Waals surface area contributed by atoms with E-state index in [0.29, 0.717) is 17.8 Å². The minimum absolute atomic E-state index is 0.0884. The molecular weight excluding hydrogens is 288 g/mol. The number of fused-ring (bicyclic) bond motifs is 1. The Bertz CT molecular complexity index is 559. The molecule has 4 nitrogen and oxygen atoms in total. The molecule has 0 amide bonds. The van der Waals surface area contributed by atoms with Crippen molar-refractivity contribution in [1.29, 1.82) is 0 Å². The van der Waals surface area contributed by atoms with Gasteiger partial charge in [-0.2, -0.15) is 0 Å². The molecule has 0 aliphatic carbocycles. The fourth-order valence-corrected chi connectivity index (χ4v) is 2.33. The van der Waals surface area contributed by atoms with Crippen LogP contribution < -0.4 is 4.74 Å². The van der Waals surface area contributed by atoms with Crippen molar-refractivity contribution < 1.29 is 19.1 Å². The van der Waals surface area contributed by atoms with E-state index in [-0.39, 0.29) is 6.42 Å². The van der Waals surface area contributed by atoms with E-state index in [2.05, 4.69) is 15.9 Å². The average molecular weight is 299 g/mol. The molecule has 0 aliphatic heterocycles. The van der Waals surface area contributed by atoms with Crippen LogP contribution in [-0.4, -0.2) is 18.2 Å². The number of aliphatic carboxylic acids is 1. The van der Waals surface area contributed by atoms with Gasteiger partial charge < -0.3 is 14.3 Å². The minimum Gasteiger partial charge on any atom is -0.493 e. The van der Waals surface area contributed by atoms with Crippen LogP contribution in [-0.2, 0) is 11.2 Å². The third kappa shape index (κ3) is 2.29. The summed E-state index contributed by atoms with van der Waals surface area (Å²) >= 11 is 3.47. The second-order valence-corrected chi connectivity index (χ2v) is 4.40. The Balaban J connectivity index is 2.48. The summed E-state index contributed by atoms with van der Waals surface area (Å²) in [5, 5.41) is 9.59. The minimum atomic E-state index is -0.817. The summed E-state index contributed by atoms with van der Waals surface area (Å²) in [6.07, 6.45) is 2.12. The molecule has 1 N–H and O–H groups in total. The zero-order valence-electron chi connectivity index (χ0n) is 9.20. The lowest BCUT2D eigenvalue weighted by molar-refractivity contribution is -0.136. The number of carboxylic acids is 1. The molecule has 0 unspecified atom stereocenters. The topological polar surface area (TPSA) is 59.7 Å². The van der Waals surface area contributed by atoms with Gasteiger partial charge in [0, 0.05) is 16.3 Å². The summed E-state index contributed by atoms with van der Waals surface area (Å²) in [5.41, 5.74) is 1.57. The summed E-state index contributed by atoms with van der Waals surface area (Å²) in [7, 11) is 1.56. The van der Waals surface area contributed by atoms with Crippen molar-refractivity contribution in [2.24, 2.45) is 0 Å². The average Bonchev–Trinajstić information content (AvgIpc) is 2.77. The maximum Gasteiger partial charge on any atom is 0.303 e. The summed E-state index contributed by atoms with van der Waals surface area (Å²) in [5.74, 6) is -0.197. The standard InChI is InChI=1S/C12H11BrO4/c1-16-9-6-7(2-3-10(14)15)11(13)8-4-5-17-12(8)9/h4-6H,2-3H2,1H3,(H,14,15). The van der Waals surface area contributed by atoms with Crippen LogP contribution in [0.1, 0.15) is 12.0 Å². The summed E-state index contributed by atoms with van der Waals surface area (Å²) in [4.78, 5) is 10.6. The molecule has 0 radical (unpaired) electrons. The third-order valence-electron chi connectivity index (χ3n) is 2.54. The van der Waals surface area contributed by atoms with Crippen molar-refractivity contribution >= 4 is 32.9 Å². The molecule has 1 heterocycles. The highest BCUT2D eigenvalue weighted by Gasteiger charge is 2.14. The number of rotatable bonds is 4.